The second-order valence-electron chi connectivity index (χ2n) is 6.44. The Bertz CT molecular complexity index is 297. The van der Waals surface area contributed by atoms with E-state index >= 15 is 0 Å². The van der Waals surface area contributed by atoms with E-state index in [-0.39, 0.29) is 6.42 Å². The lowest BCUT2D eigenvalue weighted by Crippen LogP contribution is -2.32. The first-order chi connectivity index (χ1) is 10.7. The molecule has 0 spiro atoms. The maximum absolute atomic E-state index is 11.2. The molecule has 0 fully saturated rings. The Morgan fingerprint density at radius 1 is 1.00 bits per heavy atom. The molecule has 0 aliphatic heterocycles. The third kappa shape index (κ3) is 26.0. The van der Waals surface area contributed by atoms with Crippen molar-refractivity contribution < 1.29 is 19.4 Å². The number of alkyl carbamates (subject to hydrolysis) is 1. The van der Waals surface area contributed by atoms with Crippen LogP contribution in [0.1, 0.15) is 72.6 Å². The van der Waals surface area contributed by atoms with Crippen molar-refractivity contribution in [3.63, 3.8) is 0 Å². The van der Waals surface area contributed by atoms with Crippen molar-refractivity contribution in [1.29, 1.82) is 0 Å². The zero-order valence-electron chi connectivity index (χ0n) is 15.5. The van der Waals surface area contributed by atoms with E-state index in [1.165, 1.54) is 12.8 Å². The summed E-state index contributed by atoms with van der Waals surface area (Å²) in [6, 6.07) is 0. The van der Waals surface area contributed by atoms with Crippen molar-refractivity contribution in [3.05, 3.63) is 0 Å². The van der Waals surface area contributed by atoms with Gasteiger partial charge in [-0.05, 0) is 53.6 Å². The largest absolute Gasteiger partial charge is 0.481 e. The van der Waals surface area contributed by atoms with E-state index in [1.54, 1.807) is 0 Å². The first kappa shape index (κ1) is 24.0. The van der Waals surface area contributed by atoms with Crippen LogP contribution in [0.3, 0.4) is 0 Å². The Balaban J connectivity index is 0. The Labute approximate surface area is 141 Å². The molecule has 0 aromatic rings. The highest BCUT2D eigenvalue weighted by Crippen LogP contribution is 2.06. The summed E-state index contributed by atoms with van der Waals surface area (Å²) in [5.74, 6) is -0.753. The second-order valence-corrected chi connectivity index (χ2v) is 6.44. The number of amides is 1. The molecular weight excluding hydrogens is 296 g/mol. The molecule has 3 N–H and O–H groups in total. The molecule has 0 aliphatic rings. The molecule has 0 aliphatic carbocycles. The zero-order valence-corrected chi connectivity index (χ0v) is 15.5. The SMILES string of the molecule is CC(C)(C)OC(=O)NCCCCCCC(=O)O.CCCCNC. The quantitative estimate of drug-likeness (QED) is 0.532. The highest BCUT2D eigenvalue weighted by atomic mass is 16.6. The summed E-state index contributed by atoms with van der Waals surface area (Å²) >= 11 is 0. The third-order valence-electron chi connectivity index (χ3n) is 2.77. The van der Waals surface area contributed by atoms with E-state index in [1.807, 2.05) is 27.8 Å². The van der Waals surface area contributed by atoms with Crippen molar-refractivity contribution in [2.45, 2.75) is 78.2 Å². The van der Waals surface area contributed by atoms with Crippen LogP contribution in [0.15, 0.2) is 0 Å². The number of aliphatic carboxylic acids is 1. The number of nitrogens with one attached hydrogen (secondary N) is 2. The van der Waals surface area contributed by atoms with Crippen LogP contribution >= 0.6 is 0 Å². The highest BCUT2D eigenvalue weighted by molar-refractivity contribution is 5.67. The van der Waals surface area contributed by atoms with Crippen LogP contribution in [-0.4, -0.2) is 42.9 Å². The molecule has 6 heteroatoms. The van der Waals surface area contributed by atoms with Crippen molar-refractivity contribution in [2.24, 2.45) is 0 Å². The lowest BCUT2D eigenvalue weighted by Gasteiger charge is -2.19. The van der Waals surface area contributed by atoms with Gasteiger partial charge in [0.15, 0.2) is 0 Å². The molecule has 0 saturated carbocycles. The lowest BCUT2D eigenvalue weighted by molar-refractivity contribution is -0.137. The molecule has 0 rings (SSSR count). The van der Waals surface area contributed by atoms with Gasteiger partial charge in [0.2, 0.25) is 0 Å². The first-order valence-electron chi connectivity index (χ1n) is 8.56. The molecular formula is C17H36N2O4. The van der Waals surface area contributed by atoms with E-state index < -0.39 is 17.7 Å². The van der Waals surface area contributed by atoms with Gasteiger partial charge in [-0.25, -0.2) is 4.79 Å². The predicted molar refractivity (Wildman–Crippen MR) is 93.8 cm³/mol. The fourth-order valence-corrected chi connectivity index (χ4v) is 1.61. The summed E-state index contributed by atoms with van der Waals surface area (Å²) in [5, 5.41) is 14.2. The molecule has 6 nitrogen and oxygen atoms in total. The highest BCUT2D eigenvalue weighted by Gasteiger charge is 2.15. The Hall–Kier alpha value is -1.30. The number of ether oxygens (including phenoxy) is 1. The van der Waals surface area contributed by atoms with Crippen LogP contribution in [0, 0.1) is 0 Å². The molecule has 138 valence electrons. The number of carboxylic acids is 1. The smallest absolute Gasteiger partial charge is 0.407 e. The Morgan fingerprint density at radius 2 is 1.61 bits per heavy atom. The summed E-state index contributed by atoms with van der Waals surface area (Å²) in [6.45, 7) is 9.38. The number of hydrogen-bond acceptors (Lipinski definition) is 4. The van der Waals surface area contributed by atoms with E-state index in [4.69, 9.17) is 9.84 Å². The summed E-state index contributed by atoms with van der Waals surface area (Å²) in [6.07, 6.45) is 5.76. The summed E-state index contributed by atoms with van der Waals surface area (Å²) in [7, 11) is 1.98. The number of unbranched alkanes of at least 4 members (excludes halogenated alkanes) is 4. The van der Waals surface area contributed by atoms with E-state index in [0.29, 0.717) is 13.0 Å². The van der Waals surface area contributed by atoms with Crippen molar-refractivity contribution >= 4 is 12.1 Å². The van der Waals surface area contributed by atoms with Gasteiger partial charge in [0, 0.05) is 13.0 Å². The van der Waals surface area contributed by atoms with E-state index in [0.717, 1.165) is 25.8 Å². The molecule has 0 aromatic heterocycles. The number of hydrogen-bond donors (Lipinski definition) is 3. The van der Waals surface area contributed by atoms with Gasteiger partial charge in [0.25, 0.3) is 0 Å². The number of carboxylic acid groups (broad SMARTS) is 1. The van der Waals surface area contributed by atoms with Gasteiger partial charge < -0.3 is 20.5 Å². The summed E-state index contributed by atoms with van der Waals surface area (Å²) in [4.78, 5) is 21.5. The minimum atomic E-state index is -0.753. The summed E-state index contributed by atoms with van der Waals surface area (Å²) in [5.41, 5.74) is -0.467. The maximum atomic E-state index is 11.2. The van der Waals surface area contributed by atoms with Crippen LogP contribution in [0.25, 0.3) is 0 Å². The van der Waals surface area contributed by atoms with Gasteiger partial charge in [-0.3, -0.25) is 4.79 Å². The van der Waals surface area contributed by atoms with Gasteiger partial charge in [0.05, 0.1) is 0 Å². The normalized spacial score (nSPS) is 10.5. The number of rotatable bonds is 10. The molecule has 0 bridgehead atoms. The molecule has 23 heavy (non-hydrogen) atoms. The number of carbonyl (C=O) groups excluding carboxylic acids is 1. The van der Waals surface area contributed by atoms with E-state index in [2.05, 4.69) is 17.6 Å². The second kappa shape index (κ2) is 15.6. The van der Waals surface area contributed by atoms with Gasteiger partial charge >= 0.3 is 12.1 Å². The number of carbonyl (C=O) groups is 2. The molecule has 0 saturated heterocycles. The molecule has 0 atom stereocenters. The van der Waals surface area contributed by atoms with Crippen molar-refractivity contribution in [1.82, 2.24) is 10.6 Å². The molecule has 0 heterocycles. The molecule has 0 unspecified atom stereocenters. The molecule has 0 aromatic carbocycles. The first-order valence-corrected chi connectivity index (χ1v) is 8.56. The topological polar surface area (TPSA) is 87.7 Å². The minimum Gasteiger partial charge on any atom is -0.481 e. The minimum absolute atomic E-state index is 0.222. The summed E-state index contributed by atoms with van der Waals surface area (Å²) < 4.78 is 5.07. The fraction of sp³-hybridized carbons (Fsp3) is 0.882. The average Bonchev–Trinajstić information content (AvgIpc) is 2.42. The van der Waals surface area contributed by atoms with Crippen LogP contribution in [0.2, 0.25) is 0 Å². The van der Waals surface area contributed by atoms with Crippen LogP contribution in [0.5, 0.6) is 0 Å². The average molecular weight is 332 g/mol. The lowest BCUT2D eigenvalue weighted by atomic mass is 10.1. The van der Waals surface area contributed by atoms with Gasteiger partial charge in [0.1, 0.15) is 5.60 Å². The molecule has 0 radical (unpaired) electrons. The van der Waals surface area contributed by atoms with Gasteiger partial charge in [-0.1, -0.05) is 26.2 Å². The Morgan fingerprint density at radius 3 is 2.04 bits per heavy atom. The van der Waals surface area contributed by atoms with Gasteiger partial charge in [-0.2, -0.15) is 0 Å². The van der Waals surface area contributed by atoms with E-state index in [9.17, 15) is 9.59 Å². The third-order valence-corrected chi connectivity index (χ3v) is 2.77. The molecule has 1 amide bonds. The van der Waals surface area contributed by atoms with Crippen LogP contribution < -0.4 is 10.6 Å². The zero-order chi connectivity index (χ0) is 18.1. The maximum Gasteiger partial charge on any atom is 0.407 e. The van der Waals surface area contributed by atoms with Crippen molar-refractivity contribution in [3.8, 4) is 0 Å². The van der Waals surface area contributed by atoms with Gasteiger partial charge in [-0.15, -0.1) is 0 Å². The standard InChI is InChI=1S/C12H23NO4.C5H13N/c1-12(2,3)17-11(16)13-9-7-5-4-6-8-10(14)15;1-3-4-5-6-2/h4-9H2,1-3H3,(H,13,16)(H,14,15);6H,3-5H2,1-2H3. The van der Waals surface area contributed by atoms with Crippen LogP contribution in [0.4, 0.5) is 4.79 Å². The fourth-order valence-electron chi connectivity index (χ4n) is 1.61. The monoisotopic (exact) mass is 332 g/mol. The van der Waals surface area contributed by atoms with Crippen LogP contribution in [-0.2, 0) is 9.53 Å². The Kier molecular flexibility index (Phi) is 16.2. The van der Waals surface area contributed by atoms with Crippen molar-refractivity contribution in [2.75, 3.05) is 20.1 Å². The predicted octanol–water partition coefficient (Wildman–Crippen LogP) is 3.55.